The van der Waals surface area contributed by atoms with Crippen LogP contribution in [0.1, 0.15) is 36.7 Å². The van der Waals surface area contributed by atoms with E-state index in [1.165, 1.54) is 0 Å². The number of carbonyl (C=O) groups is 1. The van der Waals surface area contributed by atoms with Crippen molar-refractivity contribution in [1.82, 2.24) is 19.8 Å². The highest BCUT2D eigenvalue weighted by atomic mass is 16.2. The molecule has 2 rings (SSSR count). The van der Waals surface area contributed by atoms with Crippen molar-refractivity contribution < 1.29 is 4.79 Å². The Labute approximate surface area is 162 Å². The summed E-state index contributed by atoms with van der Waals surface area (Å²) in [4.78, 5) is 25.8. The predicted molar refractivity (Wildman–Crippen MR) is 111 cm³/mol. The zero-order valence-corrected chi connectivity index (χ0v) is 16.9. The van der Waals surface area contributed by atoms with Crippen LogP contribution in [0, 0.1) is 0 Å². The summed E-state index contributed by atoms with van der Waals surface area (Å²) in [5.41, 5.74) is 1.33. The fraction of sp³-hybridized carbons (Fsp3) is 0.476. The van der Waals surface area contributed by atoms with Gasteiger partial charge in [0.15, 0.2) is 5.82 Å². The Morgan fingerprint density at radius 2 is 1.78 bits per heavy atom. The molecule has 146 valence electrons. The minimum Gasteiger partial charge on any atom is -0.370 e. The molecule has 0 radical (unpaired) electrons. The normalized spacial score (nSPS) is 10.9. The van der Waals surface area contributed by atoms with E-state index in [1.54, 1.807) is 11.0 Å². The Hall–Kier alpha value is -2.47. The van der Waals surface area contributed by atoms with Crippen LogP contribution in [0.3, 0.4) is 0 Å². The summed E-state index contributed by atoms with van der Waals surface area (Å²) in [7, 11) is 5.94. The molecule has 0 aliphatic heterocycles. The van der Waals surface area contributed by atoms with Gasteiger partial charge in [-0.2, -0.15) is 0 Å². The molecule has 0 unspecified atom stereocenters. The second-order valence-electron chi connectivity index (χ2n) is 6.99. The van der Waals surface area contributed by atoms with Crippen molar-refractivity contribution >= 4 is 11.7 Å². The van der Waals surface area contributed by atoms with Crippen molar-refractivity contribution in [1.29, 1.82) is 0 Å². The van der Waals surface area contributed by atoms with E-state index in [0.717, 1.165) is 44.5 Å². The number of rotatable bonds is 10. The van der Waals surface area contributed by atoms with E-state index in [9.17, 15) is 4.79 Å². The standard InChI is InChI=1S/C21H31N5O/c1-5-6-15-26(4)21(27)18-16-19(22-13-10-14-25(2)3)24-20(23-18)17-11-8-7-9-12-17/h7-9,11-12,16H,5-6,10,13-15H2,1-4H3,(H,22,23,24). The van der Waals surface area contributed by atoms with Gasteiger partial charge in [0.05, 0.1) is 0 Å². The highest BCUT2D eigenvalue weighted by Gasteiger charge is 2.16. The van der Waals surface area contributed by atoms with Gasteiger partial charge in [-0.05, 0) is 33.5 Å². The first kappa shape index (κ1) is 20.8. The van der Waals surface area contributed by atoms with Crippen LogP contribution < -0.4 is 5.32 Å². The van der Waals surface area contributed by atoms with Gasteiger partial charge in [-0.3, -0.25) is 4.79 Å². The van der Waals surface area contributed by atoms with Crippen molar-refractivity contribution in [3.63, 3.8) is 0 Å². The lowest BCUT2D eigenvalue weighted by molar-refractivity contribution is 0.0787. The Bertz CT molecular complexity index is 718. The number of anilines is 1. The summed E-state index contributed by atoms with van der Waals surface area (Å²) in [5, 5.41) is 3.34. The average molecular weight is 370 g/mol. The highest BCUT2D eigenvalue weighted by Crippen LogP contribution is 2.18. The number of nitrogens with zero attached hydrogens (tertiary/aromatic N) is 4. The number of carbonyl (C=O) groups excluding carboxylic acids is 1. The number of amides is 1. The number of benzene rings is 1. The van der Waals surface area contributed by atoms with Gasteiger partial charge in [0.1, 0.15) is 11.5 Å². The number of unbranched alkanes of at least 4 members (excludes halogenated alkanes) is 1. The first-order chi connectivity index (χ1) is 13.0. The highest BCUT2D eigenvalue weighted by molar-refractivity contribution is 5.93. The van der Waals surface area contributed by atoms with Crippen LogP contribution in [0.25, 0.3) is 11.4 Å². The minimum absolute atomic E-state index is 0.0700. The maximum atomic E-state index is 12.8. The molecule has 0 atom stereocenters. The summed E-state index contributed by atoms with van der Waals surface area (Å²) >= 11 is 0. The summed E-state index contributed by atoms with van der Waals surface area (Å²) in [6.07, 6.45) is 3.03. The van der Waals surface area contributed by atoms with Gasteiger partial charge in [-0.1, -0.05) is 43.7 Å². The second kappa shape index (κ2) is 10.6. The Morgan fingerprint density at radius 1 is 1.04 bits per heavy atom. The molecule has 1 heterocycles. The van der Waals surface area contributed by atoms with Crippen LogP contribution >= 0.6 is 0 Å². The average Bonchev–Trinajstić information content (AvgIpc) is 2.69. The minimum atomic E-state index is -0.0700. The van der Waals surface area contributed by atoms with Crippen molar-refractivity contribution in [3.8, 4) is 11.4 Å². The molecule has 1 aromatic heterocycles. The van der Waals surface area contributed by atoms with E-state index >= 15 is 0 Å². The smallest absolute Gasteiger partial charge is 0.272 e. The molecule has 0 saturated heterocycles. The fourth-order valence-corrected chi connectivity index (χ4v) is 2.67. The quantitative estimate of drug-likeness (QED) is 0.651. The van der Waals surface area contributed by atoms with E-state index in [2.05, 4.69) is 41.2 Å². The van der Waals surface area contributed by atoms with Crippen LogP contribution in [-0.2, 0) is 0 Å². The lowest BCUT2D eigenvalue weighted by atomic mass is 10.2. The van der Waals surface area contributed by atoms with Crippen LogP contribution in [0.5, 0.6) is 0 Å². The van der Waals surface area contributed by atoms with Crippen molar-refractivity contribution in [3.05, 3.63) is 42.1 Å². The zero-order chi connectivity index (χ0) is 19.6. The topological polar surface area (TPSA) is 61.4 Å². The summed E-state index contributed by atoms with van der Waals surface area (Å²) in [6.45, 7) is 4.63. The molecule has 1 N–H and O–H groups in total. The number of aromatic nitrogens is 2. The Morgan fingerprint density at radius 3 is 2.44 bits per heavy atom. The number of nitrogens with one attached hydrogen (secondary N) is 1. The summed E-state index contributed by atoms with van der Waals surface area (Å²) in [5.74, 6) is 1.19. The molecule has 1 amide bonds. The molecule has 0 aliphatic rings. The number of hydrogen-bond donors (Lipinski definition) is 1. The van der Waals surface area contributed by atoms with E-state index in [4.69, 9.17) is 0 Å². The van der Waals surface area contributed by atoms with Gasteiger partial charge in [-0.25, -0.2) is 9.97 Å². The van der Waals surface area contributed by atoms with Crippen molar-refractivity contribution in [2.24, 2.45) is 0 Å². The third-order valence-corrected chi connectivity index (χ3v) is 4.26. The first-order valence-corrected chi connectivity index (χ1v) is 9.59. The maximum Gasteiger partial charge on any atom is 0.272 e. The fourth-order valence-electron chi connectivity index (χ4n) is 2.67. The van der Waals surface area contributed by atoms with Crippen molar-refractivity contribution in [2.45, 2.75) is 26.2 Å². The van der Waals surface area contributed by atoms with E-state index < -0.39 is 0 Å². The SMILES string of the molecule is CCCCN(C)C(=O)c1cc(NCCCN(C)C)nc(-c2ccccc2)n1. The van der Waals surface area contributed by atoms with Crippen LogP contribution in [-0.4, -0.2) is 66.5 Å². The largest absolute Gasteiger partial charge is 0.370 e. The Kier molecular flexibility index (Phi) is 8.20. The monoisotopic (exact) mass is 369 g/mol. The summed E-state index contributed by atoms with van der Waals surface area (Å²) in [6, 6.07) is 11.5. The number of hydrogen-bond acceptors (Lipinski definition) is 5. The maximum absolute atomic E-state index is 12.8. The molecule has 0 bridgehead atoms. The molecule has 6 heteroatoms. The van der Waals surface area contributed by atoms with Gasteiger partial charge >= 0.3 is 0 Å². The van der Waals surface area contributed by atoms with Crippen LogP contribution in [0.15, 0.2) is 36.4 Å². The van der Waals surface area contributed by atoms with Crippen LogP contribution in [0.4, 0.5) is 5.82 Å². The summed E-state index contributed by atoms with van der Waals surface area (Å²) < 4.78 is 0. The van der Waals surface area contributed by atoms with E-state index in [0.29, 0.717) is 17.3 Å². The third-order valence-electron chi connectivity index (χ3n) is 4.26. The molecule has 0 fully saturated rings. The predicted octanol–water partition coefficient (Wildman–Crippen LogP) is 3.38. The molecular formula is C21H31N5O. The van der Waals surface area contributed by atoms with Gasteiger partial charge in [0.25, 0.3) is 5.91 Å². The van der Waals surface area contributed by atoms with Gasteiger partial charge < -0.3 is 15.1 Å². The van der Waals surface area contributed by atoms with Gasteiger partial charge in [0, 0.05) is 31.8 Å². The van der Waals surface area contributed by atoms with Gasteiger partial charge in [0.2, 0.25) is 0 Å². The molecule has 27 heavy (non-hydrogen) atoms. The van der Waals surface area contributed by atoms with Crippen molar-refractivity contribution in [2.75, 3.05) is 46.1 Å². The molecule has 0 spiro atoms. The molecule has 2 aromatic rings. The lowest BCUT2D eigenvalue weighted by Crippen LogP contribution is -2.28. The molecular weight excluding hydrogens is 338 g/mol. The Balaban J connectivity index is 2.23. The van der Waals surface area contributed by atoms with E-state index in [-0.39, 0.29) is 5.91 Å². The van der Waals surface area contributed by atoms with E-state index in [1.807, 2.05) is 37.4 Å². The zero-order valence-electron chi connectivity index (χ0n) is 16.9. The molecule has 1 aromatic carbocycles. The second-order valence-corrected chi connectivity index (χ2v) is 6.99. The van der Waals surface area contributed by atoms with Gasteiger partial charge in [-0.15, -0.1) is 0 Å². The van der Waals surface area contributed by atoms with Crippen LogP contribution in [0.2, 0.25) is 0 Å². The molecule has 0 saturated carbocycles. The molecule has 6 nitrogen and oxygen atoms in total. The molecule has 0 aliphatic carbocycles. The third kappa shape index (κ3) is 6.64. The lowest BCUT2D eigenvalue weighted by Gasteiger charge is -2.17. The first-order valence-electron chi connectivity index (χ1n) is 9.59.